The number of methoxy groups -OCH3 is 1. The smallest absolute Gasteiger partial charge is 0.306 e. The highest BCUT2D eigenvalue weighted by molar-refractivity contribution is 5.71. The van der Waals surface area contributed by atoms with Crippen molar-refractivity contribution < 1.29 is 9.53 Å². The molecule has 0 aliphatic heterocycles. The van der Waals surface area contributed by atoms with E-state index in [1.54, 1.807) is 0 Å². The first-order valence-corrected chi connectivity index (χ1v) is 6.39. The van der Waals surface area contributed by atoms with Gasteiger partial charge in [0.1, 0.15) is 0 Å². The molecule has 0 unspecified atom stereocenters. The Labute approximate surface area is 114 Å². The summed E-state index contributed by atoms with van der Waals surface area (Å²) < 4.78 is 4.81. The number of ether oxygens (including phenoxy) is 1. The molecule has 98 valence electrons. The second-order valence-electron chi connectivity index (χ2n) is 4.65. The standard InChI is InChI=1S/C17H18O2/c1-13-8-10-15(11-9-13)16(12-17(18)19-2)14-6-4-3-5-7-14/h3-11,16H,12H2,1-2H3/t16-/m0/s1. The Morgan fingerprint density at radius 1 is 1.00 bits per heavy atom. The van der Waals surface area contributed by atoms with E-state index >= 15 is 0 Å². The monoisotopic (exact) mass is 254 g/mol. The van der Waals surface area contributed by atoms with Crippen LogP contribution in [-0.4, -0.2) is 13.1 Å². The van der Waals surface area contributed by atoms with Crippen molar-refractivity contribution in [3.05, 3.63) is 71.3 Å². The predicted molar refractivity (Wildman–Crippen MR) is 76.1 cm³/mol. The lowest BCUT2D eigenvalue weighted by molar-refractivity contribution is -0.140. The van der Waals surface area contributed by atoms with Crippen molar-refractivity contribution in [1.29, 1.82) is 0 Å². The predicted octanol–water partition coefficient (Wildman–Crippen LogP) is 3.69. The van der Waals surface area contributed by atoms with E-state index in [0.29, 0.717) is 6.42 Å². The molecule has 0 spiro atoms. The SMILES string of the molecule is COC(=O)C[C@@H](c1ccccc1)c1ccc(C)cc1. The van der Waals surface area contributed by atoms with Gasteiger partial charge in [-0.3, -0.25) is 4.79 Å². The third-order valence-electron chi connectivity index (χ3n) is 3.28. The van der Waals surface area contributed by atoms with Crippen LogP contribution in [0.2, 0.25) is 0 Å². The highest BCUT2D eigenvalue weighted by Crippen LogP contribution is 2.28. The zero-order valence-corrected chi connectivity index (χ0v) is 11.3. The molecule has 2 nitrogen and oxygen atoms in total. The molecule has 2 rings (SSSR count). The first-order valence-electron chi connectivity index (χ1n) is 6.39. The summed E-state index contributed by atoms with van der Waals surface area (Å²) in [4.78, 5) is 11.6. The van der Waals surface area contributed by atoms with E-state index in [4.69, 9.17) is 4.74 Å². The second kappa shape index (κ2) is 6.19. The van der Waals surface area contributed by atoms with E-state index in [9.17, 15) is 4.79 Å². The van der Waals surface area contributed by atoms with Gasteiger partial charge >= 0.3 is 5.97 Å². The first kappa shape index (κ1) is 13.3. The van der Waals surface area contributed by atoms with E-state index in [1.165, 1.54) is 12.7 Å². The minimum atomic E-state index is -0.186. The van der Waals surface area contributed by atoms with Crippen molar-refractivity contribution in [1.82, 2.24) is 0 Å². The van der Waals surface area contributed by atoms with Crippen LogP contribution >= 0.6 is 0 Å². The molecule has 0 fully saturated rings. The normalized spacial score (nSPS) is 11.9. The molecule has 2 aromatic carbocycles. The van der Waals surface area contributed by atoms with Gasteiger partial charge in [0.25, 0.3) is 0 Å². The minimum Gasteiger partial charge on any atom is -0.469 e. The summed E-state index contributed by atoms with van der Waals surface area (Å²) in [7, 11) is 1.43. The summed E-state index contributed by atoms with van der Waals surface area (Å²) in [6.07, 6.45) is 0.365. The molecule has 2 aromatic rings. The quantitative estimate of drug-likeness (QED) is 0.778. The van der Waals surface area contributed by atoms with Gasteiger partial charge in [0, 0.05) is 5.92 Å². The zero-order valence-electron chi connectivity index (χ0n) is 11.3. The second-order valence-corrected chi connectivity index (χ2v) is 4.65. The third-order valence-corrected chi connectivity index (χ3v) is 3.28. The average molecular weight is 254 g/mol. The Morgan fingerprint density at radius 3 is 2.16 bits per heavy atom. The van der Waals surface area contributed by atoms with Crippen molar-refractivity contribution >= 4 is 5.97 Å². The van der Waals surface area contributed by atoms with Crippen LogP contribution in [0.25, 0.3) is 0 Å². The van der Waals surface area contributed by atoms with E-state index in [1.807, 2.05) is 30.3 Å². The zero-order chi connectivity index (χ0) is 13.7. The van der Waals surface area contributed by atoms with Crippen LogP contribution in [0, 0.1) is 6.92 Å². The lowest BCUT2D eigenvalue weighted by Crippen LogP contribution is -2.10. The Hall–Kier alpha value is -2.09. The van der Waals surface area contributed by atoms with Crippen LogP contribution in [0.5, 0.6) is 0 Å². The van der Waals surface area contributed by atoms with Gasteiger partial charge in [-0.25, -0.2) is 0 Å². The van der Waals surface area contributed by atoms with Gasteiger partial charge in [0.15, 0.2) is 0 Å². The Kier molecular flexibility index (Phi) is 4.35. The molecular formula is C17H18O2. The molecule has 0 radical (unpaired) electrons. The van der Waals surface area contributed by atoms with Crippen LogP contribution in [0.3, 0.4) is 0 Å². The van der Waals surface area contributed by atoms with Crippen molar-refractivity contribution in [2.75, 3.05) is 7.11 Å². The number of rotatable bonds is 4. The molecule has 0 saturated carbocycles. The maximum atomic E-state index is 11.6. The number of hydrogen-bond acceptors (Lipinski definition) is 2. The largest absolute Gasteiger partial charge is 0.469 e. The molecule has 1 atom stereocenters. The molecule has 2 heteroatoms. The van der Waals surface area contributed by atoms with E-state index in [-0.39, 0.29) is 11.9 Å². The molecule has 19 heavy (non-hydrogen) atoms. The summed E-state index contributed by atoms with van der Waals surface area (Å²) in [6, 6.07) is 18.4. The van der Waals surface area contributed by atoms with Gasteiger partial charge in [-0.05, 0) is 18.1 Å². The number of hydrogen-bond donors (Lipinski definition) is 0. The Morgan fingerprint density at radius 2 is 1.58 bits per heavy atom. The fraction of sp³-hybridized carbons (Fsp3) is 0.235. The van der Waals surface area contributed by atoms with Crippen LogP contribution < -0.4 is 0 Å². The number of carbonyl (C=O) groups is 1. The van der Waals surface area contributed by atoms with Gasteiger partial charge in [-0.2, -0.15) is 0 Å². The van der Waals surface area contributed by atoms with Crippen molar-refractivity contribution in [3.8, 4) is 0 Å². The van der Waals surface area contributed by atoms with Crippen molar-refractivity contribution in [2.24, 2.45) is 0 Å². The molecule has 0 heterocycles. The number of carbonyl (C=O) groups excluding carboxylic acids is 1. The topological polar surface area (TPSA) is 26.3 Å². The van der Waals surface area contributed by atoms with Gasteiger partial charge in [0.2, 0.25) is 0 Å². The first-order chi connectivity index (χ1) is 9.20. The molecular weight excluding hydrogens is 236 g/mol. The average Bonchev–Trinajstić information content (AvgIpc) is 2.46. The highest BCUT2D eigenvalue weighted by Gasteiger charge is 2.18. The van der Waals surface area contributed by atoms with Crippen molar-refractivity contribution in [3.63, 3.8) is 0 Å². The number of aryl methyl sites for hydroxylation is 1. The van der Waals surface area contributed by atoms with Gasteiger partial charge in [-0.1, -0.05) is 60.2 Å². The summed E-state index contributed by atoms with van der Waals surface area (Å²) in [6.45, 7) is 2.06. The fourth-order valence-corrected chi connectivity index (χ4v) is 2.16. The van der Waals surface area contributed by atoms with Crippen LogP contribution in [0.1, 0.15) is 29.0 Å². The molecule has 0 saturated heterocycles. The molecule has 0 amide bonds. The molecule has 0 N–H and O–H groups in total. The summed E-state index contributed by atoms with van der Waals surface area (Å²) in [5.41, 5.74) is 3.49. The molecule has 0 aromatic heterocycles. The fourth-order valence-electron chi connectivity index (χ4n) is 2.16. The summed E-state index contributed by atoms with van der Waals surface area (Å²) in [5.74, 6) is -0.135. The lowest BCUT2D eigenvalue weighted by Gasteiger charge is -2.17. The van der Waals surface area contributed by atoms with E-state index in [0.717, 1.165) is 11.1 Å². The third kappa shape index (κ3) is 3.44. The molecule has 0 aliphatic carbocycles. The maximum absolute atomic E-state index is 11.6. The van der Waals surface area contributed by atoms with E-state index < -0.39 is 0 Å². The highest BCUT2D eigenvalue weighted by atomic mass is 16.5. The molecule has 0 aliphatic rings. The summed E-state index contributed by atoms with van der Waals surface area (Å²) in [5, 5.41) is 0. The van der Waals surface area contributed by atoms with Crippen LogP contribution in [0.4, 0.5) is 0 Å². The maximum Gasteiger partial charge on any atom is 0.306 e. The number of benzene rings is 2. The lowest BCUT2D eigenvalue weighted by atomic mass is 9.88. The van der Waals surface area contributed by atoms with Gasteiger partial charge < -0.3 is 4.74 Å². The Balaban J connectivity index is 2.34. The van der Waals surface area contributed by atoms with Gasteiger partial charge in [-0.15, -0.1) is 0 Å². The van der Waals surface area contributed by atoms with Crippen LogP contribution in [-0.2, 0) is 9.53 Å². The Bertz CT molecular complexity index is 529. The van der Waals surface area contributed by atoms with Crippen LogP contribution in [0.15, 0.2) is 54.6 Å². The summed E-state index contributed by atoms with van der Waals surface area (Å²) >= 11 is 0. The van der Waals surface area contributed by atoms with Crippen molar-refractivity contribution in [2.45, 2.75) is 19.3 Å². The molecule has 0 bridgehead atoms. The number of esters is 1. The minimum absolute atomic E-state index is 0.0502. The van der Waals surface area contributed by atoms with E-state index in [2.05, 4.69) is 31.2 Å². The van der Waals surface area contributed by atoms with Gasteiger partial charge in [0.05, 0.1) is 13.5 Å².